The van der Waals surface area contributed by atoms with Crippen molar-refractivity contribution in [2.24, 2.45) is 0 Å². The Kier molecular flexibility index (Phi) is 2.78. The summed E-state index contributed by atoms with van der Waals surface area (Å²) in [5, 5.41) is 18.2. The van der Waals surface area contributed by atoms with Gasteiger partial charge in [0.1, 0.15) is 40.8 Å². The van der Waals surface area contributed by atoms with Crippen molar-refractivity contribution < 1.29 is 0 Å². The lowest BCUT2D eigenvalue weighted by atomic mass is 10.1. The fourth-order valence-electron chi connectivity index (χ4n) is 2.17. The van der Waals surface area contributed by atoms with E-state index in [9.17, 15) is 10.1 Å². The lowest BCUT2D eigenvalue weighted by molar-refractivity contribution is 1.06. The quantitative estimate of drug-likeness (QED) is 0.731. The van der Waals surface area contributed by atoms with Crippen molar-refractivity contribution in [2.45, 2.75) is 6.92 Å². The molecule has 0 saturated heterocycles. The topological polar surface area (TPSA) is 98.3 Å². The molecule has 6 heteroatoms. The first-order chi connectivity index (χ1) is 10.2. The fourth-order valence-corrected chi connectivity index (χ4v) is 2.17. The zero-order valence-electron chi connectivity index (χ0n) is 11.1. The maximum Gasteiger partial charge on any atom is 0.268 e. The highest BCUT2D eigenvalue weighted by atomic mass is 16.1. The molecule has 0 aliphatic carbocycles. The van der Waals surface area contributed by atoms with Gasteiger partial charge in [0.25, 0.3) is 5.56 Å². The SMILES string of the molecule is Cc1ccc(-n2cnc3c(C#N)c(C#N)c(=O)[nH]c32)cc1. The first-order valence-electron chi connectivity index (χ1n) is 6.16. The van der Waals surface area contributed by atoms with Gasteiger partial charge in [-0.3, -0.25) is 9.36 Å². The number of pyridine rings is 1. The summed E-state index contributed by atoms with van der Waals surface area (Å²) in [5.41, 5.74) is 1.85. The van der Waals surface area contributed by atoms with E-state index in [1.54, 1.807) is 10.6 Å². The largest absolute Gasteiger partial charge is 0.305 e. The Morgan fingerprint density at radius 1 is 1.14 bits per heavy atom. The molecule has 0 bridgehead atoms. The van der Waals surface area contributed by atoms with E-state index in [2.05, 4.69) is 9.97 Å². The molecule has 0 spiro atoms. The minimum Gasteiger partial charge on any atom is -0.305 e. The first-order valence-corrected chi connectivity index (χ1v) is 6.16. The Hall–Kier alpha value is -3.38. The number of nitrogens with zero attached hydrogens (tertiary/aromatic N) is 4. The predicted octanol–water partition coefficient (Wildman–Crippen LogP) is 1.77. The zero-order valence-corrected chi connectivity index (χ0v) is 11.1. The molecule has 0 aliphatic heterocycles. The second-order valence-corrected chi connectivity index (χ2v) is 4.58. The molecule has 0 unspecified atom stereocenters. The molecule has 0 atom stereocenters. The molecule has 100 valence electrons. The van der Waals surface area contributed by atoms with E-state index in [1.807, 2.05) is 37.3 Å². The second-order valence-electron chi connectivity index (χ2n) is 4.58. The van der Waals surface area contributed by atoms with E-state index in [0.717, 1.165) is 11.3 Å². The normalized spacial score (nSPS) is 10.2. The van der Waals surface area contributed by atoms with Gasteiger partial charge in [-0.15, -0.1) is 0 Å². The van der Waals surface area contributed by atoms with Crippen LogP contribution in [0.15, 0.2) is 35.4 Å². The van der Waals surface area contributed by atoms with Gasteiger partial charge in [0.05, 0.1) is 0 Å². The van der Waals surface area contributed by atoms with Crippen LogP contribution in [0.3, 0.4) is 0 Å². The highest BCUT2D eigenvalue weighted by Crippen LogP contribution is 2.19. The van der Waals surface area contributed by atoms with Crippen molar-refractivity contribution in [3.05, 3.63) is 57.6 Å². The summed E-state index contributed by atoms with van der Waals surface area (Å²) in [7, 11) is 0. The molecule has 0 radical (unpaired) electrons. The third kappa shape index (κ3) is 1.87. The van der Waals surface area contributed by atoms with E-state index in [4.69, 9.17) is 5.26 Å². The molecule has 1 aromatic carbocycles. The molecule has 3 rings (SSSR count). The zero-order chi connectivity index (χ0) is 15.0. The van der Waals surface area contributed by atoms with Crippen LogP contribution in [0.1, 0.15) is 16.7 Å². The van der Waals surface area contributed by atoms with Gasteiger partial charge in [0.15, 0.2) is 0 Å². The van der Waals surface area contributed by atoms with Crippen LogP contribution in [0.4, 0.5) is 0 Å². The average molecular weight is 275 g/mol. The van der Waals surface area contributed by atoms with Gasteiger partial charge < -0.3 is 4.98 Å². The first kappa shape index (κ1) is 12.6. The standard InChI is InChI=1S/C15H9N5O/c1-9-2-4-10(5-3-9)20-8-18-13-11(6-16)12(7-17)15(21)19-14(13)20/h2-5,8H,1H3,(H,19,21). The fraction of sp³-hybridized carbons (Fsp3) is 0.0667. The maximum atomic E-state index is 11.9. The summed E-state index contributed by atoms with van der Waals surface area (Å²) in [4.78, 5) is 18.7. The highest BCUT2D eigenvalue weighted by Gasteiger charge is 2.16. The number of benzene rings is 1. The third-order valence-corrected chi connectivity index (χ3v) is 3.25. The van der Waals surface area contributed by atoms with Crippen LogP contribution < -0.4 is 5.56 Å². The summed E-state index contributed by atoms with van der Waals surface area (Å²) in [5.74, 6) is 0. The predicted molar refractivity (Wildman–Crippen MR) is 75.9 cm³/mol. The molecule has 3 aromatic rings. The van der Waals surface area contributed by atoms with Crippen molar-refractivity contribution >= 4 is 11.2 Å². The smallest absolute Gasteiger partial charge is 0.268 e. The van der Waals surface area contributed by atoms with Crippen LogP contribution in [-0.4, -0.2) is 14.5 Å². The molecule has 6 nitrogen and oxygen atoms in total. The summed E-state index contributed by atoms with van der Waals surface area (Å²) in [6.45, 7) is 1.98. The average Bonchev–Trinajstić information content (AvgIpc) is 2.90. The van der Waals surface area contributed by atoms with Gasteiger partial charge in [0, 0.05) is 5.69 Å². The molecule has 2 heterocycles. The summed E-state index contributed by atoms with van der Waals surface area (Å²) in [6.07, 6.45) is 1.52. The van der Waals surface area contributed by atoms with Crippen molar-refractivity contribution in [3.63, 3.8) is 0 Å². The molecule has 0 aliphatic rings. The minimum absolute atomic E-state index is 0.00196. The van der Waals surface area contributed by atoms with E-state index >= 15 is 0 Å². The van der Waals surface area contributed by atoms with E-state index in [1.165, 1.54) is 6.33 Å². The number of aromatic nitrogens is 3. The number of imidazole rings is 1. The van der Waals surface area contributed by atoms with E-state index in [0.29, 0.717) is 11.2 Å². The maximum absolute atomic E-state index is 11.9. The van der Waals surface area contributed by atoms with Crippen LogP contribution in [-0.2, 0) is 0 Å². The molecule has 2 aromatic heterocycles. The number of nitriles is 2. The minimum atomic E-state index is -0.588. The van der Waals surface area contributed by atoms with Gasteiger partial charge >= 0.3 is 0 Å². The Labute approximate surface area is 119 Å². The lowest BCUT2D eigenvalue weighted by Crippen LogP contribution is -2.13. The van der Waals surface area contributed by atoms with Crippen LogP contribution in [0.25, 0.3) is 16.9 Å². The highest BCUT2D eigenvalue weighted by molar-refractivity contribution is 5.81. The summed E-state index contributed by atoms with van der Waals surface area (Å²) >= 11 is 0. The number of aryl methyl sites for hydroxylation is 1. The summed E-state index contributed by atoms with van der Waals surface area (Å²) in [6, 6.07) is 11.3. The number of fused-ring (bicyclic) bond motifs is 1. The Morgan fingerprint density at radius 2 is 1.81 bits per heavy atom. The number of hydrogen-bond donors (Lipinski definition) is 1. The van der Waals surface area contributed by atoms with Crippen LogP contribution >= 0.6 is 0 Å². The number of H-pyrrole nitrogens is 1. The van der Waals surface area contributed by atoms with Crippen LogP contribution in [0, 0.1) is 29.6 Å². The van der Waals surface area contributed by atoms with Crippen molar-refractivity contribution in [1.29, 1.82) is 10.5 Å². The van der Waals surface area contributed by atoms with Gasteiger partial charge in [0.2, 0.25) is 0 Å². The monoisotopic (exact) mass is 275 g/mol. The van der Waals surface area contributed by atoms with Crippen molar-refractivity contribution in [2.75, 3.05) is 0 Å². The van der Waals surface area contributed by atoms with Crippen molar-refractivity contribution in [1.82, 2.24) is 14.5 Å². The molecule has 1 N–H and O–H groups in total. The number of nitrogens with one attached hydrogen (secondary N) is 1. The molecule has 0 amide bonds. The molecule has 21 heavy (non-hydrogen) atoms. The van der Waals surface area contributed by atoms with Gasteiger partial charge in [-0.1, -0.05) is 17.7 Å². The van der Waals surface area contributed by atoms with Crippen molar-refractivity contribution in [3.8, 4) is 17.8 Å². The van der Waals surface area contributed by atoms with Gasteiger partial charge in [-0.2, -0.15) is 10.5 Å². The number of rotatable bonds is 1. The lowest BCUT2D eigenvalue weighted by Gasteiger charge is -2.04. The number of hydrogen-bond acceptors (Lipinski definition) is 4. The van der Waals surface area contributed by atoms with Gasteiger partial charge in [-0.05, 0) is 19.1 Å². The van der Waals surface area contributed by atoms with Crippen LogP contribution in [0.2, 0.25) is 0 Å². The summed E-state index contributed by atoms with van der Waals surface area (Å²) < 4.78 is 1.68. The Morgan fingerprint density at radius 3 is 2.43 bits per heavy atom. The molecular formula is C15H9N5O. The number of aromatic amines is 1. The molecular weight excluding hydrogens is 266 g/mol. The third-order valence-electron chi connectivity index (χ3n) is 3.25. The Bertz CT molecular complexity index is 980. The van der Waals surface area contributed by atoms with E-state index < -0.39 is 5.56 Å². The van der Waals surface area contributed by atoms with Crippen LogP contribution in [0.5, 0.6) is 0 Å². The second kappa shape index (κ2) is 4.62. The Balaban J connectivity index is 2.37. The van der Waals surface area contributed by atoms with E-state index in [-0.39, 0.29) is 11.1 Å². The van der Waals surface area contributed by atoms with Gasteiger partial charge in [-0.25, -0.2) is 4.98 Å². The molecule has 0 fully saturated rings. The molecule has 0 saturated carbocycles.